The SMILES string of the molecule is COc1ccccc1CC(=O)NCc1ccccc1NC(=O)C(F)(F)F. The van der Waals surface area contributed by atoms with Crippen LogP contribution in [0.5, 0.6) is 5.75 Å². The molecular weight excluding hydrogens is 349 g/mol. The number of nitrogens with one attached hydrogen (secondary N) is 2. The van der Waals surface area contributed by atoms with Crippen LogP contribution in [0.15, 0.2) is 48.5 Å². The molecule has 0 radical (unpaired) electrons. The molecule has 2 aromatic carbocycles. The molecule has 0 aliphatic carbocycles. The van der Waals surface area contributed by atoms with E-state index >= 15 is 0 Å². The number of hydrogen-bond acceptors (Lipinski definition) is 3. The summed E-state index contributed by atoms with van der Waals surface area (Å²) in [5, 5.41) is 4.43. The zero-order valence-electron chi connectivity index (χ0n) is 13.9. The molecule has 0 fully saturated rings. The Morgan fingerprint density at radius 2 is 1.62 bits per heavy atom. The Balaban J connectivity index is 2.01. The summed E-state index contributed by atoms with van der Waals surface area (Å²) in [4.78, 5) is 23.2. The lowest BCUT2D eigenvalue weighted by molar-refractivity contribution is -0.167. The van der Waals surface area contributed by atoms with Gasteiger partial charge >= 0.3 is 12.1 Å². The first-order valence-corrected chi connectivity index (χ1v) is 7.66. The Morgan fingerprint density at radius 3 is 2.27 bits per heavy atom. The van der Waals surface area contributed by atoms with Gasteiger partial charge in [0.1, 0.15) is 5.75 Å². The summed E-state index contributed by atoms with van der Waals surface area (Å²) >= 11 is 0. The molecule has 0 atom stereocenters. The highest BCUT2D eigenvalue weighted by molar-refractivity contribution is 5.95. The van der Waals surface area contributed by atoms with E-state index in [1.165, 1.54) is 25.3 Å². The zero-order chi connectivity index (χ0) is 19.2. The van der Waals surface area contributed by atoms with Gasteiger partial charge in [-0.25, -0.2) is 0 Å². The largest absolute Gasteiger partial charge is 0.496 e. The summed E-state index contributed by atoms with van der Waals surface area (Å²) in [7, 11) is 1.50. The number of halogens is 3. The third-order valence-corrected chi connectivity index (χ3v) is 3.54. The second-order valence-corrected chi connectivity index (χ2v) is 5.37. The first-order valence-electron chi connectivity index (χ1n) is 7.66. The van der Waals surface area contributed by atoms with E-state index in [0.29, 0.717) is 16.9 Å². The predicted molar refractivity (Wildman–Crippen MR) is 89.7 cm³/mol. The van der Waals surface area contributed by atoms with Crippen molar-refractivity contribution in [2.24, 2.45) is 0 Å². The minimum absolute atomic E-state index is 0.00702. The quantitative estimate of drug-likeness (QED) is 0.826. The smallest absolute Gasteiger partial charge is 0.471 e. The zero-order valence-corrected chi connectivity index (χ0v) is 13.9. The fraction of sp³-hybridized carbons (Fsp3) is 0.222. The highest BCUT2D eigenvalue weighted by Gasteiger charge is 2.38. The van der Waals surface area contributed by atoms with Gasteiger partial charge in [-0.3, -0.25) is 9.59 Å². The van der Waals surface area contributed by atoms with E-state index in [-0.39, 0.29) is 24.6 Å². The van der Waals surface area contributed by atoms with Crippen molar-refractivity contribution in [1.82, 2.24) is 5.32 Å². The van der Waals surface area contributed by atoms with Crippen molar-refractivity contribution in [2.45, 2.75) is 19.1 Å². The Kier molecular flexibility index (Phi) is 6.21. The fourth-order valence-corrected chi connectivity index (χ4v) is 2.27. The third kappa shape index (κ3) is 5.23. The lowest BCUT2D eigenvalue weighted by atomic mass is 10.1. The van der Waals surface area contributed by atoms with Crippen molar-refractivity contribution in [2.75, 3.05) is 12.4 Å². The predicted octanol–water partition coefficient (Wildman–Crippen LogP) is 3.05. The van der Waals surface area contributed by atoms with Crippen molar-refractivity contribution >= 4 is 17.5 Å². The molecule has 26 heavy (non-hydrogen) atoms. The highest BCUT2D eigenvalue weighted by atomic mass is 19.4. The van der Waals surface area contributed by atoms with Gasteiger partial charge in [-0.05, 0) is 17.7 Å². The first-order chi connectivity index (χ1) is 12.3. The maximum atomic E-state index is 12.4. The summed E-state index contributed by atoms with van der Waals surface area (Å²) in [6.07, 6.45) is -4.93. The molecule has 0 bridgehead atoms. The third-order valence-electron chi connectivity index (χ3n) is 3.54. The van der Waals surface area contributed by atoms with E-state index in [1.54, 1.807) is 35.6 Å². The lowest BCUT2D eigenvalue weighted by Gasteiger charge is -2.13. The van der Waals surface area contributed by atoms with Crippen LogP contribution < -0.4 is 15.4 Å². The molecule has 0 unspecified atom stereocenters. The van der Waals surface area contributed by atoms with Gasteiger partial charge in [-0.2, -0.15) is 13.2 Å². The van der Waals surface area contributed by atoms with Crippen molar-refractivity contribution in [3.8, 4) is 5.75 Å². The monoisotopic (exact) mass is 366 g/mol. The number of carbonyl (C=O) groups excluding carboxylic acids is 2. The molecular formula is C18H17F3N2O3. The van der Waals surface area contributed by atoms with Gasteiger partial charge in [-0.15, -0.1) is 0 Å². The van der Waals surface area contributed by atoms with Crippen LogP contribution in [0.3, 0.4) is 0 Å². The molecule has 0 heterocycles. The van der Waals surface area contributed by atoms with Crippen LogP contribution in [0, 0.1) is 0 Å². The van der Waals surface area contributed by atoms with Crippen LogP contribution in [0.25, 0.3) is 0 Å². The molecule has 2 N–H and O–H groups in total. The van der Waals surface area contributed by atoms with Crippen molar-refractivity contribution in [3.05, 3.63) is 59.7 Å². The summed E-state index contributed by atoms with van der Waals surface area (Å²) < 4.78 is 42.4. The number of amides is 2. The van der Waals surface area contributed by atoms with Gasteiger partial charge in [0, 0.05) is 17.8 Å². The Morgan fingerprint density at radius 1 is 1.00 bits per heavy atom. The first kappa shape index (κ1) is 19.3. The molecule has 0 aliphatic heterocycles. The summed E-state index contributed by atoms with van der Waals surface area (Å²) in [6.45, 7) is -0.0255. The average molecular weight is 366 g/mol. The maximum Gasteiger partial charge on any atom is 0.471 e. The van der Waals surface area contributed by atoms with Crippen molar-refractivity contribution in [1.29, 1.82) is 0 Å². The second-order valence-electron chi connectivity index (χ2n) is 5.37. The normalized spacial score (nSPS) is 10.9. The Hall–Kier alpha value is -3.03. The topological polar surface area (TPSA) is 67.4 Å². The van der Waals surface area contributed by atoms with E-state index in [0.717, 1.165) is 0 Å². The minimum atomic E-state index is -4.99. The Bertz CT molecular complexity index is 791. The number of para-hydroxylation sites is 2. The van der Waals surface area contributed by atoms with Crippen LogP contribution >= 0.6 is 0 Å². The average Bonchev–Trinajstić information content (AvgIpc) is 2.60. The molecule has 2 rings (SSSR count). The molecule has 138 valence electrons. The van der Waals surface area contributed by atoms with E-state index in [1.807, 2.05) is 0 Å². The van der Waals surface area contributed by atoms with Gasteiger partial charge in [0.2, 0.25) is 5.91 Å². The number of alkyl halides is 3. The van der Waals surface area contributed by atoms with Crippen LogP contribution in [-0.2, 0) is 22.6 Å². The minimum Gasteiger partial charge on any atom is -0.496 e. The molecule has 2 amide bonds. The summed E-state index contributed by atoms with van der Waals surface area (Å²) in [5.74, 6) is -1.82. The molecule has 8 heteroatoms. The maximum absolute atomic E-state index is 12.4. The van der Waals surface area contributed by atoms with Gasteiger partial charge in [0.05, 0.1) is 13.5 Å². The number of benzene rings is 2. The number of carbonyl (C=O) groups is 2. The van der Waals surface area contributed by atoms with Gasteiger partial charge in [0.15, 0.2) is 0 Å². The number of ether oxygens (including phenoxy) is 1. The van der Waals surface area contributed by atoms with E-state index in [9.17, 15) is 22.8 Å². The van der Waals surface area contributed by atoms with Crippen molar-refractivity contribution < 1.29 is 27.5 Å². The summed E-state index contributed by atoms with van der Waals surface area (Å²) in [6, 6.07) is 13.0. The van der Waals surface area contributed by atoms with Gasteiger partial charge in [-0.1, -0.05) is 36.4 Å². The Labute approximate surface area is 148 Å². The van der Waals surface area contributed by atoms with Crippen LogP contribution in [0.2, 0.25) is 0 Å². The fourth-order valence-electron chi connectivity index (χ4n) is 2.27. The highest BCUT2D eigenvalue weighted by Crippen LogP contribution is 2.21. The number of rotatable bonds is 6. The molecule has 2 aromatic rings. The van der Waals surface area contributed by atoms with Crippen LogP contribution in [-0.4, -0.2) is 25.1 Å². The number of hydrogen-bond donors (Lipinski definition) is 2. The molecule has 0 aromatic heterocycles. The molecule has 0 saturated carbocycles. The van der Waals surface area contributed by atoms with E-state index in [2.05, 4.69) is 5.32 Å². The second kappa shape index (κ2) is 8.37. The lowest BCUT2D eigenvalue weighted by Crippen LogP contribution is -2.31. The summed E-state index contributed by atoms with van der Waals surface area (Å²) in [5.41, 5.74) is 1.04. The number of anilines is 1. The van der Waals surface area contributed by atoms with Crippen LogP contribution in [0.1, 0.15) is 11.1 Å². The van der Waals surface area contributed by atoms with E-state index in [4.69, 9.17) is 4.74 Å². The van der Waals surface area contributed by atoms with Gasteiger partial charge < -0.3 is 15.4 Å². The molecule has 0 aliphatic rings. The molecule has 0 saturated heterocycles. The van der Waals surface area contributed by atoms with Gasteiger partial charge in [0.25, 0.3) is 0 Å². The van der Waals surface area contributed by atoms with Crippen molar-refractivity contribution in [3.63, 3.8) is 0 Å². The molecule has 5 nitrogen and oxygen atoms in total. The van der Waals surface area contributed by atoms with E-state index < -0.39 is 12.1 Å². The molecule has 0 spiro atoms. The van der Waals surface area contributed by atoms with Crippen LogP contribution in [0.4, 0.5) is 18.9 Å². The number of methoxy groups -OCH3 is 1. The standard InChI is InChI=1S/C18H17F3N2O3/c1-26-15-9-5-3-6-12(15)10-16(24)22-11-13-7-2-4-8-14(13)23-17(25)18(19,20)21/h2-9H,10-11H2,1H3,(H,22,24)(H,23,25).